The fraction of sp³-hybridized carbons (Fsp3) is 0.600. The number of hydrogen-bond donors (Lipinski definition) is 2. The lowest BCUT2D eigenvalue weighted by Gasteiger charge is -2.23. The summed E-state index contributed by atoms with van der Waals surface area (Å²) >= 11 is 0. The highest BCUT2D eigenvalue weighted by Crippen LogP contribution is 2.26. The van der Waals surface area contributed by atoms with Gasteiger partial charge >= 0.3 is 0 Å². The summed E-state index contributed by atoms with van der Waals surface area (Å²) < 4.78 is 14.4. The zero-order valence-electron chi connectivity index (χ0n) is 15.4. The van der Waals surface area contributed by atoms with Crippen LogP contribution in [-0.4, -0.2) is 13.1 Å². The van der Waals surface area contributed by atoms with Crippen molar-refractivity contribution in [1.29, 1.82) is 0 Å². The molecule has 0 saturated carbocycles. The Hall–Kier alpha value is -1.51. The van der Waals surface area contributed by atoms with Gasteiger partial charge in [-0.2, -0.15) is 0 Å². The quantitative estimate of drug-likeness (QED) is 0.579. The Morgan fingerprint density at radius 3 is 2.39 bits per heavy atom. The van der Waals surface area contributed by atoms with Crippen LogP contribution in [0.3, 0.4) is 0 Å². The van der Waals surface area contributed by atoms with Gasteiger partial charge in [-0.3, -0.25) is 0 Å². The van der Waals surface area contributed by atoms with Crippen LogP contribution in [0.1, 0.15) is 64.9 Å². The van der Waals surface area contributed by atoms with Gasteiger partial charge in [0.05, 0.1) is 6.04 Å². The summed E-state index contributed by atoms with van der Waals surface area (Å²) in [6, 6.07) is 5.63. The molecule has 0 aliphatic heterocycles. The fourth-order valence-electron chi connectivity index (χ4n) is 2.81. The van der Waals surface area contributed by atoms with Gasteiger partial charge in [-0.25, -0.2) is 4.39 Å². The van der Waals surface area contributed by atoms with E-state index >= 15 is 0 Å². The molecule has 0 aliphatic carbocycles. The van der Waals surface area contributed by atoms with Crippen molar-refractivity contribution in [2.75, 3.05) is 12.4 Å². The van der Waals surface area contributed by atoms with Crippen LogP contribution < -0.4 is 10.6 Å². The molecule has 0 fully saturated rings. The fourth-order valence-corrected chi connectivity index (χ4v) is 2.81. The van der Waals surface area contributed by atoms with Crippen molar-refractivity contribution in [3.05, 3.63) is 41.9 Å². The number of rotatable bonds is 10. The van der Waals surface area contributed by atoms with E-state index in [2.05, 4.69) is 44.9 Å². The van der Waals surface area contributed by atoms with Gasteiger partial charge < -0.3 is 10.6 Å². The largest absolute Gasteiger partial charge is 0.390 e. The normalized spacial score (nSPS) is 13.7. The summed E-state index contributed by atoms with van der Waals surface area (Å²) in [5.41, 5.74) is 2.57. The van der Waals surface area contributed by atoms with Gasteiger partial charge in [0.25, 0.3) is 0 Å². The summed E-state index contributed by atoms with van der Waals surface area (Å²) in [5.74, 6) is 0.782. The number of hydrogen-bond acceptors (Lipinski definition) is 2. The molecule has 23 heavy (non-hydrogen) atoms. The van der Waals surface area contributed by atoms with Crippen LogP contribution in [0.15, 0.2) is 30.5 Å². The third kappa shape index (κ3) is 6.25. The van der Waals surface area contributed by atoms with E-state index in [1.807, 2.05) is 19.2 Å². The van der Waals surface area contributed by atoms with Gasteiger partial charge in [0.15, 0.2) is 0 Å². The second kappa shape index (κ2) is 9.59. The molecular weight excluding hydrogens is 287 g/mol. The number of nitrogens with one attached hydrogen (secondary N) is 2. The second-order valence-electron chi connectivity index (χ2n) is 6.87. The van der Waals surface area contributed by atoms with Crippen LogP contribution in [0, 0.1) is 11.7 Å². The molecule has 1 aromatic rings. The minimum atomic E-state index is -0.117. The van der Waals surface area contributed by atoms with Crippen LogP contribution >= 0.6 is 0 Å². The molecule has 0 saturated heterocycles. The van der Waals surface area contributed by atoms with E-state index in [4.69, 9.17) is 0 Å². The minimum Gasteiger partial charge on any atom is -0.390 e. The van der Waals surface area contributed by atoms with E-state index in [-0.39, 0.29) is 17.8 Å². The summed E-state index contributed by atoms with van der Waals surface area (Å²) in [4.78, 5) is 0. The van der Waals surface area contributed by atoms with Crippen LogP contribution in [-0.2, 0) is 0 Å². The number of anilines is 1. The predicted octanol–water partition coefficient (Wildman–Crippen LogP) is 5.68. The van der Waals surface area contributed by atoms with Gasteiger partial charge in [0, 0.05) is 18.4 Å². The molecule has 0 aromatic heterocycles. The van der Waals surface area contributed by atoms with Crippen molar-refractivity contribution in [3.8, 4) is 0 Å². The lowest BCUT2D eigenvalue weighted by molar-refractivity contribution is 0.527. The molecule has 2 N–H and O–H groups in total. The maximum atomic E-state index is 14.4. The summed E-state index contributed by atoms with van der Waals surface area (Å²) in [5, 5.41) is 6.54. The van der Waals surface area contributed by atoms with Crippen LogP contribution in [0.25, 0.3) is 0 Å². The monoisotopic (exact) mass is 320 g/mol. The van der Waals surface area contributed by atoms with E-state index in [1.54, 1.807) is 6.07 Å². The van der Waals surface area contributed by atoms with Gasteiger partial charge in [-0.1, -0.05) is 46.8 Å². The highest BCUT2D eigenvalue weighted by atomic mass is 19.1. The molecular formula is C20H33FN2. The van der Waals surface area contributed by atoms with Crippen molar-refractivity contribution in [2.45, 2.75) is 65.3 Å². The van der Waals surface area contributed by atoms with Crippen molar-refractivity contribution in [2.24, 2.45) is 5.92 Å². The highest BCUT2D eigenvalue weighted by Gasteiger charge is 2.15. The lowest BCUT2D eigenvalue weighted by atomic mass is 9.95. The van der Waals surface area contributed by atoms with E-state index in [0.29, 0.717) is 5.92 Å². The third-order valence-electron chi connectivity index (χ3n) is 4.37. The van der Waals surface area contributed by atoms with Crippen molar-refractivity contribution >= 4 is 5.69 Å². The maximum Gasteiger partial charge on any atom is 0.128 e. The zero-order valence-corrected chi connectivity index (χ0v) is 15.4. The first-order valence-corrected chi connectivity index (χ1v) is 8.81. The van der Waals surface area contributed by atoms with E-state index in [9.17, 15) is 4.39 Å². The molecule has 2 nitrogen and oxygen atoms in total. The first-order chi connectivity index (χ1) is 10.9. The van der Waals surface area contributed by atoms with Crippen molar-refractivity contribution in [1.82, 2.24) is 5.32 Å². The standard InChI is InChI=1S/C20H33FN2/c1-7-8-15(4)18-11-10-17(13-19(18)21)23-20(16(5)22-6)12-9-14(2)3/h10-11,13-15,20,22-23H,5,7-9,12H2,1-4,6H3. The Kier molecular flexibility index (Phi) is 8.15. The predicted molar refractivity (Wildman–Crippen MR) is 99.4 cm³/mol. The molecule has 0 heterocycles. The molecule has 0 bridgehead atoms. The molecule has 2 atom stereocenters. The molecule has 0 spiro atoms. The topological polar surface area (TPSA) is 24.1 Å². The van der Waals surface area contributed by atoms with E-state index < -0.39 is 0 Å². The Morgan fingerprint density at radius 2 is 1.87 bits per heavy atom. The Morgan fingerprint density at radius 1 is 1.17 bits per heavy atom. The molecule has 0 aliphatic rings. The summed E-state index contributed by atoms with van der Waals surface area (Å²) in [6.45, 7) is 12.7. The Bertz CT molecular complexity index is 496. The third-order valence-corrected chi connectivity index (χ3v) is 4.37. The van der Waals surface area contributed by atoms with Crippen molar-refractivity contribution in [3.63, 3.8) is 0 Å². The molecule has 0 amide bonds. The van der Waals surface area contributed by atoms with Crippen molar-refractivity contribution < 1.29 is 4.39 Å². The average molecular weight is 320 g/mol. The van der Waals surface area contributed by atoms with Crippen LogP contribution in [0.4, 0.5) is 10.1 Å². The van der Waals surface area contributed by atoms with Gasteiger partial charge in [0.2, 0.25) is 0 Å². The maximum absolute atomic E-state index is 14.4. The second-order valence-corrected chi connectivity index (χ2v) is 6.87. The molecule has 2 unspecified atom stereocenters. The van der Waals surface area contributed by atoms with Gasteiger partial charge in [0.1, 0.15) is 5.82 Å². The van der Waals surface area contributed by atoms with Crippen LogP contribution in [0.2, 0.25) is 0 Å². The van der Waals surface area contributed by atoms with Gasteiger partial charge in [-0.05, 0) is 48.8 Å². The number of benzene rings is 1. The lowest BCUT2D eigenvalue weighted by Crippen LogP contribution is -2.28. The number of likely N-dealkylation sites (N-methyl/N-ethyl adjacent to an activating group) is 1. The molecule has 1 rings (SSSR count). The highest BCUT2D eigenvalue weighted by molar-refractivity contribution is 5.48. The van der Waals surface area contributed by atoms with E-state index in [1.165, 1.54) is 0 Å². The number of halogens is 1. The van der Waals surface area contributed by atoms with Crippen LogP contribution in [0.5, 0.6) is 0 Å². The molecule has 130 valence electrons. The molecule has 3 heteroatoms. The summed E-state index contributed by atoms with van der Waals surface area (Å²) in [7, 11) is 1.88. The first-order valence-electron chi connectivity index (χ1n) is 8.81. The minimum absolute atomic E-state index is 0.112. The van der Waals surface area contributed by atoms with E-state index in [0.717, 1.165) is 42.6 Å². The Labute approximate surface area is 141 Å². The molecule has 1 aromatic carbocycles. The summed E-state index contributed by atoms with van der Waals surface area (Å²) in [6.07, 6.45) is 4.16. The Balaban J connectivity index is 2.83. The van der Waals surface area contributed by atoms with Gasteiger partial charge in [-0.15, -0.1) is 0 Å². The first kappa shape index (κ1) is 19.5. The molecule has 0 radical (unpaired) electrons. The smallest absolute Gasteiger partial charge is 0.128 e. The zero-order chi connectivity index (χ0) is 17.4. The SMILES string of the molecule is C=C(NC)C(CCC(C)C)Nc1ccc(C(C)CCC)c(F)c1. The average Bonchev–Trinajstić information content (AvgIpc) is 2.50.